The first-order chi connectivity index (χ1) is 11.6. The molecule has 3 heterocycles. The van der Waals surface area contributed by atoms with Gasteiger partial charge in [-0.2, -0.15) is 0 Å². The first-order valence-corrected chi connectivity index (χ1v) is 8.41. The third-order valence-electron chi connectivity index (χ3n) is 4.47. The lowest BCUT2D eigenvalue weighted by molar-refractivity contribution is -0.247. The minimum Gasteiger partial charge on any atom is -0.480 e. The lowest BCUT2D eigenvalue weighted by Crippen LogP contribution is -2.55. The van der Waals surface area contributed by atoms with Gasteiger partial charge in [-0.3, -0.25) is 0 Å². The van der Waals surface area contributed by atoms with Crippen LogP contribution in [0, 0.1) is 0 Å². The second kappa shape index (κ2) is 6.29. The van der Waals surface area contributed by atoms with Crippen molar-refractivity contribution in [2.24, 2.45) is 0 Å². The number of aliphatic carboxylic acids is 1. The van der Waals surface area contributed by atoms with E-state index in [1.54, 1.807) is 26.0 Å². The minimum atomic E-state index is -1.15. The van der Waals surface area contributed by atoms with E-state index in [1.807, 2.05) is 20.8 Å². The predicted octanol–water partition coefficient (Wildman–Crippen LogP) is 1.43. The summed E-state index contributed by atoms with van der Waals surface area (Å²) in [7, 11) is 0. The average molecular weight is 358 g/mol. The molecule has 5 atom stereocenters. The molecule has 0 radical (unpaired) electrons. The fourth-order valence-corrected chi connectivity index (χ4v) is 3.64. The number of hydrogen-bond acceptors (Lipinski definition) is 7. The number of ether oxygens (including phenoxy) is 6. The number of carboxylic acids is 1. The molecule has 0 bridgehead atoms. The first-order valence-electron chi connectivity index (χ1n) is 8.41. The molecular weight excluding hydrogens is 332 g/mol. The Kier molecular flexibility index (Phi) is 4.72. The van der Waals surface area contributed by atoms with Crippen LogP contribution in [0.25, 0.3) is 0 Å². The number of carboxylic acid groups (broad SMARTS) is 1. The minimum absolute atomic E-state index is 0.302. The summed E-state index contributed by atoms with van der Waals surface area (Å²) in [5, 5.41) is 9.12. The maximum Gasteiger partial charge on any atom is 0.329 e. The zero-order valence-electron chi connectivity index (χ0n) is 15.2. The van der Waals surface area contributed by atoms with Crippen LogP contribution in [-0.2, 0) is 33.2 Å². The van der Waals surface area contributed by atoms with Crippen molar-refractivity contribution in [3.8, 4) is 0 Å². The highest BCUT2D eigenvalue weighted by Gasteiger charge is 2.66. The van der Waals surface area contributed by atoms with Gasteiger partial charge in [-0.05, 0) is 34.6 Å². The van der Waals surface area contributed by atoms with E-state index in [9.17, 15) is 4.79 Å². The van der Waals surface area contributed by atoms with Gasteiger partial charge in [-0.1, -0.05) is 12.2 Å². The third-order valence-corrected chi connectivity index (χ3v) is 4.47. The molecule has 3 rings (SSSR count). The first kappa shape index (κ1) is 18.8. The van der Waals surface area contributed by atoms with Gasteiger partial charge in [0.2, 0.25) is 0 Å². The van der Waals surface area contributed by atoms with Crippen molar-refractivity contribution in [2.75, 3.05) is 13.2 Å². The normalized spacial score (nSPS) is 42.1. The van der Waals surface area contributed by atoms with Crippen molar-refractivity contribution in [3.05, 3.63) is 12.2 Å². The number of carbonyl (C=O) groups is 1. The Balaban J connectivity index is 1.94. The lowest BCUT2D eigenvalue weighted by Gasteiger charge is -2.37. The summed E-state index contributed by atoms with van der Waals surface area (Å²) in [5.41, 5.74) is -1.15. The third kappa shape index (κ3) is 3.47. The molecule has 0 amide bonds. The molecule has 3 fully saturated rings. The second-order valence-electron chi connectivity index (χ2n) is 7.38. The molecule has 8 nitrogen and oxygen atoms in total. The zero-order chi connectivity index (χ0) is 18.5. The number of hydrogen-bond donors (Lipinski definition) is 1. The van der Waals surface area contributed by atoms with Crippen molar-refractivity contribution in [2.45, 2.75) is 76.4 Å². The molecule has 0 spiro atoms. The largest absolute Gasteiger partial charge is 0.480 e. The summed E-state index contributed by atoms with van der Waals surface area (Å²) < 4.78 is 35.3. The topological polar surface area (TPSA) is 92.7 Å². The van der Waals surface area contributed by atoms with E-state index in [2.05, 4.69) is 0 Å². The molecule has 0 saturated carbocycles. The SMILES string of the molecule is C/C=C/[C@@]1(OCC(=O)O)[C@@H]([C@H]2COC(C)(C)O2)O[C@@H]2OC(C)(C)O[C@@H]21. The molecule has 0 aromatic heterocycles. The Morgan fingerprint density at radius 2 is 1.88 bits per heavy atom. The average Bonchev–Trinajstić information content (AvgIpc) is 3.07. The van der Waals surface area contributed by atoms with Crippen LogP contribution in [0.2, 0.25) is 0 Å². The number of fused-ring (bicyclic) bond motifs is 1. The van der Waals surface area contributed by atoms with Gasteiger partial charge in [0.05, 0.1) is 6.61 Å². The fourth-order valence-electron chi connectivity index (χ4n) is 3.64. The van der Waals surface area contributed by atoms with Gasteiger partial charge in [0.1, 0.15) is 30.5 Å². The molecule has 142 valence electrons. The Bertz CT molecular complexity index is 557. The molecule has 0 aliphatic carbocycles. The van der Waals surface area contributed by atoms with Gasteiger partial charge in [-0.25, -0.2) is 4.79 Å². The van der Waals surface area contributed by atoms with Crippen LogP contribution in [0.1, 0.15) is 34.6 Å². The summed E-state index contributed by atoms with van der Waals surface area (Å²) in [6, 6.07) is 0. The Morgan fingerprint density at radius 3 is 2.44 bits per heavy atom. The molecule has 0 aromatic rings. The fraction of sp³-hybridized carbons (Fsp3) is 0.824. The lowest BCUT2D eigenvalue weighted by atomic mass is 9.88. The Labute approximate surface area is 147 Å². The van der Waals surface area contributed by atoms with E-state index in [1.165, 1.54) is 0 Å². The van der Waals surface area contributed by atoms with Gasteiger partial charge in [0, 0.05) is 0 Å². The maximum absolute atomic E-state index is 11.1. The van der Waals surface area contributed by atoms with Crippen LogP contribution >= 0.6 is 0 Å². The van der Waals surface area contributed by atoms with Crippen molar-refractivity contribution in [3.63, 3.8) is 0 Å². The monoisotopic (exact) mass is 358 g/mol. The highest BCUT2D eigenvalue weighted by molar-refractivity contribution is 5.68. The molecular formula is C17H26O8. The van der Waals surface area contributed by atoms with E-state index in [0.29, 0.717) is 6.61 Å². The standard InChI is InChI=1S/C17H26O8/c1-6-7-17(21-9-11(18)19)12(10-8-20-15(2,3)23-10)22-14-13(17)24-16(4,5)25-14/h6-7,10,12-14H,8-9H2,1-5H3,(H,18,19)/b7-6+/t10-,12-,13+,14-,17-/m1/s1. The summed E-state index contributed by atoms with van der Waals surface area (Å²) in [4.78, 5) is 11.1. The van der Waals surface area contributed by atoms with Crippen molar-refractivity contribution in [1.82, 2.24) is 0 Å². The van der Waals surface area contributed by atoms with Crippen LogP contribution in [0.3, 0.4) is 0 Å². The zero-order valence-corrected chi connectivity index (χ0v) is 15.2. The quantitative estimate of drug-likeness (QED) is 0.738. The molecule has 0 unspecified atom stereocenters. The number of rotatable bonds is 5. The van der Waals surface area contributed by atoms with E-state index in [-0.39, 0.29) is 0 Å². The maximum atomic E-state index is 11.1. The highest BCUT2D eigenvalue weighted by Crippen LogP contribution is 2.48. The second-order valence-corrected chi connectivity index (χ2v) is 7.38. The molecule has 1 N–H and O–H groups in total. The summed E-state index contributed by atoms with van der Waals surface area (Å²) in [5.74, 6) is -2.68. The Hall–Kier alpha value is -1.03. The molecule has 25 heavy (non-hydrogen) atoms. The van der Waals surface area contributed by atoms with Crippen LogP contribution < -0.4 is 0 Å². The van der Waals surface area contributed by atoms with Crippen LogP contribution in [0.5, 0.6) is 0 Å². The van der Waals surface area contributed by atoms with E-state index >= 15 is 0 Å². The molecule has 8 heteroatoms. The van der Waals surface area contributed by atoms with Crippen molar-refractivity contribution < 1.29 is 38.3 Å². The molecule has 3 saturated heterocycles. The van der Waals surface area contributed by atoms with Crippen LogP contribution in [-0.4, -0.2) is 66.1 Å². The highest BCUT2D eigenvalue weighted by atomic mass is 16.9. The number of allylic oxidation sites excluding steroid dienone is 1. The Morgan fingerprint density at radius 1 is 1.16 bits per heavy atom. The van der Waals surface area contributed by atoms with E-state index in [4.69, 9.17) is 33.5 Å². The van der Waals surface area contributed by atoms with Crippen LogP contribution in [0.4, 0.5) is 0 Å². The predicted molar refractivity (Wildman–Crippen MR) is 84.7 cm³/mol. The van der Waals surface area contributed by atoms with Gasteiger partial charge < -0.3 is 33.5 Å². The molecule has 3 aliphatic heterocycles. The molecule has 0 aromatic carbocycles. The van der Waals surface area contributed by atoms with Gasteiger partial charge in [-0.15, -0.1) is 0 Å². The smallest absolute Gasteiger partial charge is 0.329 e. The van der Waals surface area contributed by atoms with Crippen molar-refractivity contribution in [1.29, 1.82) is 0 Å². The van der Waals surface area contributed by atoms with E-state index in [0.717, 1.165) is 0 Å². The van der Waals surface area contributed by atoms with Gasteiger partial charge in [0.15, 0.2) is 17.9 Å². The summed E-state index contributed by atoms with van der Waals surface area (Å²) in [6.07, 6.45) is 1.19. The molecule has 3 aliphatic rings. The van der Waals surface area contributed by atoms with Gasteiger partial charge >= 0.3 is 5.97 Å². The van der Waals surface area contributed by atoms with E-state index < -0.39 is 54.4 Å². The van der Waals surface area contributed by atoms with Crippen LogP contribution in [0.15, 0.2) is 12.2 Å². The summed E-state index contributed by atoms with van der Waals surface area (Å²) >= 11 is 0. The summed E-state index contributed by atoms with van der Waals surface area (Å²) in [6.45, 7) is 8.82. The van der Waals surface area contributed by atoms with Crippen molar-refractivity contribution >= 4 is 5.97 Å². The van der Waals surface area contributed by atoms with Gasteiger partial charge in [0.25, 0.3) is 0 Å².